The molecule has 0 spiro atoms. The summed E-state index contributed by atoms with van der Waals surface area (Å²) in [5, 5.41) is 12.4. The molecule has 80 valence electrons. The van der Waals surface area contributed by atoms with E-state index in [0.29, 0.717) is 13.1 Å². The van der Waals surface area contributed by atoms with Crippen LogP contribution in [0.4, 0.5) is 0 Å². The van der Waals surface area contributed by atoms with E-state index >= 15 is 0 Å². The van der Waals surface area contributed by atoms with Crippen molar-refractivity contribution in [1.82, 2.24) is 4.90 Å². The zero-order valence-electron chi connectivity index (χ0n) is 8.05. The van der Waals surface area contributed by atoms with Crippen LogP contribution >= 0.6 is 0 Å². The summed E-state index contributed by atoms with van der Waals surface area (Å²) in [6.45, 7) is 3.91. The van der Waals surface area contributed by atoms with Gasteiger partial charge in [0.05, 0.1) is 0 Å². The highest BCUT2D eigenvalue weighted by Gasteiger charge is 2.38. The summed E-state index contributed by atoms with van der Waals surface area (Å²) in [6.07, 6.45) is 0.865. The molecule has 2 aliphatic rings. The molecule has 14 heavy (non-hydrogen) atoms. The van der Waals surface area contributed by atoms with Crippen molar-refractivity contribution in [1.29, 1.82) is 0 Å². The third-order valence-corrected chi connectivity index (χ3v) is 3.96. The Morgan fingerprint density at radius 1 is 1.50 bits per heavy atom. The van der Waals surface area contributed by atoms with Crippen LogP contribution in [0, 0.1) is 0 Å². The van der Waals surface area contributed by atoms with Gasteiger partial charge in [-0.05, 0) is 6.92 Å². The van der Waals surface area contributed by atoms with Crippen LogP contribution in [0.15, 0.2) is 10.2 Å². The van der Waals surface area contributed by atoms with Crippen molar-refractivity contribution < 1.29 is 8.42 Å². The number of hydrogen-bond acceptors (Lipinski definition) is 5. The van der Waals surface area contributed by atoms with E-state index < -0.39 is 10.0 Å². The summed E-state index contributed by atoms with van der Waals surface area (Å²) < 4.78 is 21.8. The number of nitrogens with zero attached hydrogens (tertiary/aromatic N) is 3. The summed E-state index contributed by atoms with van der Waals surface area (Å²) in [6, 6.07) is 0. The van der Waals surface area contributed by atoms with Gasteiger partial charge in [-0.1, -0.05) is 0 Å². The van der Waals surface area contributed by atoms with Crippen LogP contribution in [0.25, 0.3) is 0 Å². The van der Waals surface area contributed by atoms with Crippen molar-refractivity contribution in [3.63, 3.8) is 0 Å². The number of likely N-dealkylation sites (tertiary alicyclic amines) is 1. The molecule has 1 saturated heterocycles. The smallest absolute Gasteiger partial charge is 0.214 e. The fourth-order valence-electron chi connectivity index (χ4n) is 1.47. The molecule has 0 amide bonds. The first-order chi connectivity index (χ1) is 6.39. The van der Waals surface area contributed by atoms with E-state index in [1.807, 2.05) is 6.92 Å². The Kier molecular flexibility index (Phi) is 2.13. The molecule has 2 heterocycles. The van der Waals surface area contributed by atoms with Crippen molar-refractivity contribution in [3.05, 3.63) is 0 Å². The molecule has 0 saturated carbocycles. The van der Waals surface area contributed by atoms with E-state index in [2.05, 4.69) is 15.1 Å². The average Bonchev–Trinajstić information content (AvgIpc) is 2.62. The second kappa shape index (κ2) is 2.98. The number of hydrogen-bond donors (Lipinski definition) is 1. The first-order valence-corrected chi connectivity index (χ1v) is 6.18. The lowest BCUT2D eigenvalue weighted by molar-refractivity contribution is 0.176. The van der Waals surface area contributed by atoms with Gasteiger partial charge in [-0.2, -0.15) is 10.2 Å². The van der Waals surface area contributed by atoms with E-state index in [-0.39, 0.29) is 10.9 Å². The van der Waals surface area contributed by atoms with E-state index in [9.17, 15) is 8.42 Å². The van der Waals surface area contributed by atoms with Gasteiger partial charge in [-0.3, -0.25) is 0 Å². The van der Waals surface area contributed by atoms with Gasteiger partial charge in [0.25, 0.3) is 0 Å². The van der Waals surface area contributed by atoms with Crippen molar-refractivity contribution >= 4 is 10.0 Å². The minimum Gasteiger partial charge on any atom is -0.300 e. The Morgan fingerprint density at radius 2 is 2.07 bits per heavy atom. The number of nitrogens with two attached hydrogens (primary N) is 1. The van der Waals surface area contributed by atoms with Crippen LogP contribution in [0.5, 0.6) is 0 Å². The molecular weight excluding hydrogens is 204 g/mol. The van der Waals surface area contributed by atoms with Crippen LogP contribution in [0.2, 0.25) is 0 Å². The fourth-order valence-corrected chi connectivity index (χ4v) is 2.31. The van der Waals surface area contributed by atoms with Gasteiger partial charge in [0.1, 0.15) is 5.25 Å². The number of rotatable bonds is 4. The molecule has 7 heteroatoms. The minimum absolute atomic E-state index is 0.188. The lowest BCUT2D eigenvalue weighted by Crippen LogP contribution is -2.56. The molecule has 0 radical (unpaired) electrons. The van der Waals surface area contributed by atoms with Gasteiger partial charge in [-0.15, -0.1) is 0 Å². The SMILES string of the molecule is CC1(CCN2CC(S(N)(=O)=O)C2)N=N1. The largest absolute Gasteiger partial charge is 0.300 e. The summed E-state index contributed by atoms with van der Waals surface area (Å²) in [5.74, 6) is 0. The van der Waals surface area contributed by atoms with Gasteiger partial charge >= 0.3 is 0 Å². The van der Waals surface area contributed by atoms with Crippen LogP contribution in [-0.2, 0) is 10.0 Å². The summed E-state index contributed by atoms with van der Waals surface area (Å²) >= 11 is 0. The maximum atomic E-state index is 10.9. The predicted molar refractivity (Wildman–Crippen MR) is 51.2 cm³/mol. The summed E-state index contributed by atoms with van der Waals surface area (Å²) in [7, 11) is -3.33. The third kappa shape index (κ3) is 2.10. The molecule has 0 bridgehead atoms. The van der Waals surface area contributed by atoms with Gasteiger partial charge in [-0.25, -0.2) is 13.6 Å². The van der Waals surface area contributed by atoms with Crippen molar-refractivity contribution in [2.75, 3.05) is 19.6 Å². The Labute approximate surface area is 83.2 Å². The molecule has 0 aromatic carbocycles. The molecule has 0 aromatic rings. The number of primary sulfonamides is 1. The van der Waals surface area contributed by atoms with Crippen LogP contribution in [-0.4, -0.2) is 43.9 Å². The highest BCUT2D eigenvalue weighted by Crippen LogP contribution is 2.31. The predicted octanol–water partition coefficient (Wildman–Crippen LogP) is -0.469. The van der Waals surface area contributed by atoms with E-state index in [1.165, 1.54) is 0 Å². The molecule has 2 aliphatic heterocycles. The Bertz CT molecular complexity index is 352. The minimum atomic E-state index is -3.33. The molecule has 0 atom stereocenters. The summed E-state index contributed by atoms with van der Waals surface area (Å²) in [5.41, 5.74) is -0.188. The van der Waals surface area contributed by atoms with Gasteiger partial charge in [0.2, 0.25) is 10.0 Å². The van der Waals surface area contributed by atoms with Gasteiger partial charge < -0.3 is 4.90 Å². The Morgan fingerprint density at radius 3 is 2.50 bits per heavy atom. The van der Waals surface area contributed by atoms with Crippen LogP contribution in [0.3, 0.4) is 0 Å². The fraction of sp³-hybridized carbons (Fsp3) is 1.00. The van der Waals surface area contributed by atoms with Crippen molar-refractivity contribution in [2.45, 2.75) is 24.3 Å². The molecule has 0 unspecified atom stereocenters. The highest BCUT2D eigenvalue weighted by molar-refractivity contribution is 7.89. The van der Waals surface area contributed by atoms with Crippen LogP contribution < -0.4 is 5.14 Å². The normalized spacial score (nSPS) is 26.1. The third-order valence-electron chi connectivity index (χ3n) is 2.73. The maximum absolute atomic E-state index is 10.9. The Balaban J connectivity index is 1.68. The van der Waals surface area contributed by atoms with Gasteiger partial charge in [0, 0.05) is 26.1 Å². The lowest BCUT2D eigenvalue weighted by atomic mass is 10.1. The van der Waals surface area contributed by atoms with E-state index in [1.54, 1.807) is 0 Å². The monoisotopic (exact) mass is 218 g/mol. The quantitative estimate of drug-likeness (QED) is 0.692. The lowest BCUT2D eigenvalue weighted by Gasteiger charge is -2.37. The van der Waals surface area contributed by atoms with E-state index in [0.717, 1.165) is 13.0 Å². The topological polar surface area (TPSA) is 88.1 Å². The zero-order chi connectivity index (χ0) is 10.4. The molecule has 2 rings (SSSR count). The standard InChI is InChI=1S/C7H14N4O2S/c1-7(9-10-7)2-3-11-4-6(5-11)14(8,12)13/h6H,2-5H2,1H3,(H2,8,12,13). The van der Waals surface area contributed by atoms with E-state index in [4.69, 9.17) is 5.14 Å². The average molecular weight is 218 g/mol. The first-order valence-electron chi connectivity index (χ1n) is 4.57. The molecule has 0 aromatic heterocycles. The second-order valence-electron chi connectivity index (χ2n) is 4.14. The zero-order valence-corrected chi connectivity index (χ0v) is 8.87. The van der Waals surface area contributed by atoms with Gasteiger partial charge in [0.15, 0.2) is 5.66 Å². The number of sulfonamides is 1. The van der Waals surface area contributed by atoms with Crippen molar-refractivity contribution in [3.8, 4) is 0 Å². The molecule has 6 nitrogen and oxygen atoms in total. The van der Waals surface area contributed by atoms with Crippen LogP contribution in [0.1, 0.15) is 13.3 Å². The molecule has 2 N–H and O–H groups in total. The second-order valence-corrected chi connectivity index (χ2v) is 5.98. The maximum Gasteiger partial charge on any atom is 0.214 e. The highest BCUT2D eigenvalue weighted by atomic mass is 32.2. The molecule has 0 aliphatic carbocycles. The first kappa shape index (κ1) is 10.0. The Hall–Kier alpha value is -0.530. The molecule has 1 fully saturated rings. The summed E-state index contributed by atoms with van der Waals surface area (Å²) in [4.78, 5) is 2.06. The molecular formula is C7H14N4O2S. The van der Waals surface area contributed by atoms with Crippen molar-refractivity contribution in [2.24, 2.45) is 15.4 Å².